The number of rotatable bonds is 3. The van der Waals surface area contributed by atoms with E-state index in [-0.39, 0.29) is 24.8 Å². The van der Waals surface area contributed by atoms with Crippen molar-refractivity contribution in [3.8, 4) is 0 Å². The Morgan fingerprint density at radius 3 is 2.42 bits per heavy atom. The van der Waals surface area contributed by atoms with E-state index in [2.05, 4.69) is 15.1 Å². The summed E-state index contributed by atoms with van der Waals surface area (Å²) in [6.45, 7) is 6.87. The Morgan fingerprint density at radius 1 is 1.00 bits per heavy atom. The summed E-state index contributed by atoms with van der Waals surface area (Å²) >= 11 is 0. The second-order valence-corrected chi connectivity index (χ2v) is 8.06. The van der Waals surface area contributed by atoms with Crippen LogP contribution in [0.3, 0.4) is 0 Å². The van der Waals surface area contributed by atoms with E-state index >= 15 is 0 Å². The average molecular weight is 378 g/mol. The highest BCUT2D eigenvalue weighted by Crippen LogP contribution is 2.59. The molecule has 2 unspecified atom stereocenters. The van der Waals surface area contributed by atoms with Crippen molar-refractivity contribution in [3.05, 3.63) is 0 Å². The lowest BCUT2D eigenvalue weighted by atomic mass is 9.91. The van der Waals surface area contributed by atoms with Gasteiger partial charge in [0.2, 0.25) is 5.91 Å². The number of piperidine rings is 2. The molecule has 0 aromatic carbocycles. The topological polar surface area (TPSA) is 35.6 Å². The van der Waals surface area contributed by atoms with E-state index < -0.39 is 0 Å². The second kappa shape index (κ2) is 8.57. The minimum absolute atomic E-state index is 0. The monoisotopic (exact) mass is 377 g/mol. The lowest BCUT2D eigenvalue weighted by Crippen LogP contribution is -2.46. The van der Waals surface area contributed by atoms with Crippen molar-refractivity contribution in [1.29, 1.82) is 0 Å². The zero-order valence-corrected chi connectivity index (χ0v) is 16.3. The highest BCUT2D eigenvalue weighted by molar-refractivity contribution is 5.85. The fraction of sp³-hybridized carbons (Fsp3) is 0.944. The molecule has 3 aliphatic heterocycles. The van der Waals surface area contributed by atoms with Crippen molar-refractivity contribution in [2.75, 3.05) is 39.3 Å². The minimum Gasteiger partial charge on any atom is -0.338 e. The molecule has 1 amide bonds. The molecule has 6 heteroatoms. The van der Waals surface area contributed by atoms with Gasteiger partial charge in [0.15, 0.2) is 0 Å². The van der Waals surface area contributed by atoms with Gasteiger partial charge in [-0.1, -0.05) is 6.42 Å². The molecule has 1 aliphatic carbocycles. The third-order valence-corrected chi connectivity index (χ3v) is 6.66. The molecule has 2 atom stereocenters. The Morgan fingerprint density at radius 2 is 1.71 bits per heavy atom. The van der Waals surface area contributed by atoms with Crippen molar-refractivity contribution in [1.82, 2.24) is 15.1 Å². The number of hydrogen-bond acceptors (Lipinski definition) is 3. The molecule has 4 nitrogen and oxygen atoms in total. The Hall–Kier alpha value is -0.0300. The molecule has 4 fully saturated rings. The van der Waals surface area contributed by atoms with Crippen molar-refractivity contribution in [2.24, 2.45) is 11.3 Å². The summed E-state index contributed by atoms with van der Waals surface area (Å²) in [7, 11) is 0. The average Bonchev–Trinajstić information content (AvgIpc) is 3.04. The second-order valence-electron chi connectivity index (χ2n) is 8.06. The van der Waals surface area contributed by atoms with Gasteiger partial charge in [0.1, 0.15) is 0 Å². The third-order valence-electron chi connectivity index (χ3n) is 6.66. The SMILES string of the molecule is Cl.Cl.O=C(C1CC12CCNCC2)N1CCCC1CN1CCCCC1. The smallest absolute Gasteiger partial charge is 0.226 e. The Labute approximate surface area is 158 Å². The van der Waals surface area contributed by atoms with E-state index in [0.717, 1.165) is 26.2 Å². The summed E-state index contributed by atoms with van der Waals surface area (Å²) in [5.41, 5.74) is 0.389. The molecular formula is C18H33Cl2N3O. The van der Waals surface area contributed by atoms with Crippen LogP contribution in [0, 0.1) is 11.3 Å². The maximum Gasteiger partial charge on any atom is 0.226 e. The van der Waals surface area contributed by atoms with Gasteiger partial charge in [-0.05, 0) is 76.5 Å². The number of carbonyl (C=O) groups excluding carboxylic acids is 1. The van der Waals surface area contributed by atoms with Crippen molar-refractivity contribution in [2.45, 2.75) is 57.4 Å². The fourth-order valence-corrected chi connectivity index (χ4v) is 5.13. The first kappa shape index (κ1) is 20.3. The first-order valence-corrected chi connectivity index (χ1v) is 9.52. The number of hydrogen-bond donors (Lipinski definition) is 1. The number of amides is 1. The van der Waals surface area contributed by atoms with Crippen LogP contribution in [-0.2, 0) is 4.79 Å². The summed E-state index contributed by atoms with van der Waals surface area (Å²) in [5.74, 6) is 0.859. The third kappa shape index (κ3) is 4.03. The molecule has 0 aromatic rings. The standard InChI is InChI=1S/C18H31N3O.2ClH/c22-17(16-13-18(16)6-8-19-9-7-18)21-12-4-5-15(21)14-20-10-2-1-3-11-20;;/h15-16,19H,1-14H2;2*1H. The summed E-state index contributed by atoms with van der Waals surface area (Å²) in [6, 6.07) is 0.505. The van der Waals surface area contributed by atoms with E-state index in [0.29, 0.717) is 23.3 Å². The molecule has 4 aliphatic rings. The van der Waals surface area contributed by atoms with Gasteiger partial charge >= 0.3 is 0 Å². The lowest BCUT2D eigenvalue weighted by Gasteiger charge is -2.33. The number of nitrogens with zero attached hydrogens (tertiary/aromatic N) is 2. The highest BCUT2D eigenvalue weighted by atomic mass is 35.5. The zero-order chi connectivity index (χ0) is 15.0. The van der Waals surface area contributed by atoms with E-state index in [4.69, 9.17) is 0 Å². The molecule has 0 aromatic heterocycles. The van der Waals surface area contributed by atoms with E-state index in [1.165, 1.54) is 64.5 Å². The van der Waals surface area contributed by atoms with Crippen LogP contribution in [0.5, 0.6) is 0 Å². The minimum atomic E-state index is 0. The molecule has 1 N–H and O–H groups in total. The maximum absolute atomic E-state index is 13.0. The normalized spacial score (nSPS) is 32.1. The van der Waals surface area contributed by atoms with Crippen LogP contribution in [-0.4, -0.2) is 61.0 Å². The van der Waals surface area contributed by atoms with E-state index in [1.54, 1.807) is 0 Å². The van der Waals surface area contributed by atoms with Crippen LogP contribution < -0.4 is 5.32 Å². The van der Waals surface area contributed by atoms with Gasteiger partial charge in [-0.3, -0.25) is 4.79 Å². The van der Waals surface area contributed by atoms with E-state index in [1.807, 2.05) is 0 Å². The molecular weight excluding hydrogens is 345 g/mol. The van der Waals surface area contributed by atoms with Crippen LogP contribution in [0.25, 0.3) is 0 Å². The predicted octanol–water partition coefficient (Wildman–Crippen LogP) is 2.70. The number of likely N-dealkylation sites (tertiary alicyclic amines) is 2. The summed E-state index contributed by atoms with van der Waals surface area (Å²) in [4.78, 5) is 17.9. The molecule has 0 radical (unpaired) electrons. The van der Waals surface area contributed by atoms with Gasteiger partial charge in [0.05, 0.1) is 0 Å². The highest BCUT2D eigenvalue weighted by Gasteiger charge is 2.59. The van der Waals surface area contributed by atoms with Gasteiger partial charge in [-0.25, -0.2) is 0 Å². The summed E-state index contributed by atoms with van der Waals surface area (Å²) in [6.07, 6.45) is 10.1. The largest absolute Gasteiger partial charge is 0.338 e. The molecule has 3 saturated heterocycles. The lowest BCUT2D eigenvalue weighted by molar-refractivity contribution is -0.134. The van der Waals surface area contributed by atoms with Gasteiger partial charge in [0, 0.05) is 25.0 Å². The zero-order valence-electron chi connectivity index (χ0n) is 14.7. The molecule has 0 bridgehead atoms. The van der Waals surface area contributed by atoms with Crippen LogP contribution >= 0.6 is 24.8 Å². The van der Waals surface area contributed by atoms with Gasteiger partial charge in [0.25, 0.3) is 0 Å². The maximum atomic E-state index is 13.0. The Bertz CT molecular complexity index is 422. The number of nitrogens with one attached hydrogen (secondary N) is 1. The molecule has 4 rings (SSSR count). The van der Waals surface area contributed by atoms with Crippen LogP contribution in [0.4, 0.5) is 0 Å². The Kier molecular flexibility index (Phi) is 7.24. The number of carbonyl (C=O) groups is 1. The van der Waals surface area contributed by atoms with Gasteiger partial charge < -0.3 is 15.1 Å². The summed E-state index contributed by atoms with van der Waals surface area (Å²) in [5, 5.41) is 3.44. The molecule has 140 valence electrons. The summed E-state index contributed by atoms with van der Waals surface area (Å²) < 4.78 is 0. The molecule has 1 saturated carbocycles. The predicted molar refractivity (Wildman–Crippen MR) is 102 cm³/mol. The van der Waals surface area contributed by atoms with Crippen LogP contribution in [0.2, 0.25) is 0 Å². The van der Waals surface area contributed by atoms with Crippen LogP contribution in [0.1, 0.15) is 51.4 Å². The van der Waals surface area contributed by atoms with Gasteiger partial charge in [-0.2, -0.15) is 0 Å². The molecule has 24 heavy (non-hydrogen) atoms. The molecule has 3 heterocycles. The molecule has 1 spiro atoms. The Balaban J connectivity index is 0.00000104. The van der Waals surface area contributed by atoms with Crippen LogP contribution in [0.15, 0.2) is 0 Å². The van der Waals surface area contributed by atoms with Gasteiger partial charge in [-0.15, -0.1) is 24.8 Å². The fourth-order valence-electron chi connectivity index (χ4n) is 5.13. The number of halogens is 2. The first-order valence-electron chi connectivity index (χ1n) is 9.52. The van der Waals surface area contributed by atoms with E-state index in [9.17, 15) is 4.79 Å². The van der Waals surface area contributed by atoms with Crippen molar-refractivity contribution >= 4 is 30.7 Å². The quantitative estimate of drug-likeness (QED) is 0.820. The first-order chi connectivity index (χ1) is 10.8. The van der Waals surface area contributed by atoms with Crippen molar-refractivity contribution in [3.63, 3.8) is 0 Å². The van der Waals surface area contributed by atoms with Crippen molar-refractivity contribution < 1.29 is 4.79 Å².